The van der Waals surface area contributed by atoms with E-state index in [0.717, 1.165) is 16.1 Å². The van der Waals surface area contributed by atoms with Crippen molar-refractivity contribution in [3.8, 4) is 17.5 Å². The molecule has 1 heterocycles. The van der Waals surface area contributed by atoms with E-state index < -0.39 is 11.7 Å². The topological polar surface area (TPSA) is 78.9 Å². The fourth-order valence-electron chi connectivity index (χ4n) is 2.72. The lowest BCUT2D eigenvalue weighted by Gasteiger charge is -2.06. The van der Waals surface area contributed by atoms with Crippen LogP contribution in [0, 0.1) is 17.1 Å². The number of nitrogens with one attached hydrogen (secondary N) is 1. The molecule has 4 aromatic rings. The minimum atomic E-state index is -0.754. The summed E-state index contributed by atoms with van der Waals surface area (Å²) in [5.41, 5.74) is 2.39. The Morgan fingerprint density at radius 1 is 1.14 bits per heavy atom. The van der Waals surface area contributed by atoms with Gasteiger partial charge in [0.2, 0.25) is 5.89 Å². The van der Waals surface area contributed by atoms with Crippen LogP contribution < -0.4 is 5.32 Å². The van der Waals surface area contributed by atoms with E-state index in [1.807, 2.05) is 30.3 Å². The Labute approximate surface area is 167 Å². The standard InChI is InChI=1S/C21H11BrFN3O2/c22-16-4-2-1-3-14(16)21-26-18-10-13(6-8-19(18)28-21)25-20(27)15-7-5-12(11-24)9-17(15)23/h1-10H,(H,25,27). The van der Waals surface area contributed by atoms with E-state index in [0.29, 0.717) is 22.7 Å². The number of carbonyl (C=O) groups excluding carboxylic acids is 1. The Morgan fingerprint density at radius 3 is 2.71 bits per heavy atom. The molecule has 7 heteroatoms. The molecule has 0 bridgehead atoms. The first-order chi connectivity index (χ1) is 13.5. The number of benzene rings is 3. The molecule has 0 saturated heterocycles. The van der Waals surface area contributed by atoms with E-state index in [1.165, 1.54) is 12.1 Å². The maximum absolute atomic E-state index is 14.0. The Kier molecular flexibility index (Phi) is 4.63. The normalized spacial score (nSPS) is 10.6. The van der Waals surface area contributed by atoms with Crippen LogP contribution in [0.2, 0.25) is 0 Å². The van der Waals surface area contributed by atoms with Crippen LogP contribution in [0.4, 0.5) is 10.1 Å². The van der Waals surface area contributed by atoms with E-state index in [4.69, 9.17) is 9.68 Å². The van der Waals surface area contributed by atoms with Crippen molar-refractivity contribution in [1.82, 2.24) is 4.98 Å². The molecule has 0 unspecified atom stereocenters. The van der Waals surface area contributed by atoms with E-state index in [-0.39, 0.29) is 11.1 Å². The molecule has 0 aliphatic carbocycles. The number of anilines is 1. The maximum atomic E-state index is 14.0. The Morgan fingerprint density at radius 2 is 1.96 bits per heavy atom. The third kappa shape index (κ3) is 3.38. The molecular weight excluding hydrogens is 425 g/mol. The molecule has 3 aromatic carbocycles. The molecule has 136 valence electrons. The average molecular weight is 436 g/mol. The number of amides is 1. The van der Waals surface area contributed by atoms with Crippen LogP contribution in [0.25, 0.3) is 22.6 Å². The molecule has 0 atom stereocenters. The molecule has 0 aliphatic heterocycles. The lowest BCUT2D eigenvalue weighted by molar-refractivity contribution is 0.102. The van der Waals surface area contributed by atoms with Crippen LogP contribution in [0.15, 0.2) is 69.6 Å². The maximum Gasteiger partial charge on any atom is 0.258 e. The summed E-state index contributed by atoms with van der Waals surface area (Å²) >= 11 is 3.47. The van der Waals surface area contributed by atoms with Crippen LogP contribution in [-0.2, 0) is 0 Å². The number of hydrogen-bond donors (Lipinski definition) is 1. The SMILES string of the molecule is N#Cc1ccc(C(=O)Nc2ccc3oc(-c4ccccc4Br)nc3c2)c(F)c1. The molecular formula is C21H11BrFN3O2. The molecule has 0 spiro atoms. The minimum absolute atomic E-state index is 0.145. The first-order valence-electron chi connectivity index (χ1n) is 8.21. The number of halogens is 2. The van der Waals surface area contributed by atoms with Crippen molar-refractivity contribution >= 4 is 38.6 Å². The van der Waals surface area contributed by atoms with Gasteiger partial charge in [-0.3, -0.25) is 4.79 Å². The molecule has 4 rings (SSSR count). The first kappa shape index (κ1) is 17.9. The molecule has 1 N–H and O–H groups in total. The van der Waals surface area contributed by atoms with E-state index in [2.05, 4.69) is 26.2 Å². The summed E-state index contributed by atoms with van der Waals surface area (Å²) in [6.45, 7) is 0. The summed E-state index contributed by atoms with van der Waals surface area (Å²) in [5, 5.41) is 11.4. The lowest BCUT2D eigenvalue weighted by atomic mass is 10.1. The van der Waals surface area contributed by atoms with Gasteiger partial charge in [0.05, 0.1) is 22.8 Å². The van der Waals surface area contributed by atoms with E-state index in [9.17, 15) is 9.18 Å². The number of rotatable bonds is 3. The van der Waals surface area contributed by atoms with Crippen molar-refractivity contribution in [2.45, 2.75) is 0 Å². The van der Waals surface area contributed by atoms with Crippen LogP contribution in [0.1, 0.15) is 15.9 Å². The number of hydrogen-bond acceptors (Lipinski definition) is 4. The summed E-state index contributed by atoms with van der Waals surface area (Å²) in [4.78, 5) is 16.8. The van der Waals surface area contributed by atoms with Crippen molar-refractivity contribution < 1.29 is 13.6 Å². The minimum Gasteiger partial charge on any atom is -0.436 e. The fourth-order valence-corrected chi connectivity index (χ4v) is 3.18. The monoisotopic (exact) mass is 435 g/mol. The highest BCUT2D eigenvalue weighted by Crippen LogP contribution is 2.31. The average Bonchev–Trinajstić information content (AvgIpc) is 3.11. The zero-order valence-electron chi connectivity index (χ0n) is 14.2. The predicted molar refractivity (Wildman–Crippen MR) is 106 cm³/mol. The number of aromatic nitrogens is 1. The molecule has 0 radical (unpaired) electrons. The summed E-state index contributed by atoms with van der Waals surface area (Å²) in [5.74, 6) is -0.921. The number of nitriles is 1. The van der Waals surface area contributed by atoms with Crippen LogP contribution in [-0.4, -0.2) is 10.9 Å². The number of nitrogens with zero attached hydrogens (tertiary/aromatic N) is 2. The predicted octanol–water partition coefficient (Wildman–Crippen LogP) is 5.52. The largest absolute Gasteiger partial charge is 0.436 e. The molecule has 0 fully saturated rings. The number of fused-ring (bicyclic) bond motifs is 1. The zero-order chi connectivity index (χ0) is 19.7. The van der Waals surface area contributed by atoms with Crippen molar-refractivity contribution in [1.29, 1.82) is 5.26 Å². The van der Waals surface area contributed by atoms with Gasteiger partial charge in [-0.05, 0) is 64.5 Å². The molecule has 0 saturated carbocycles. The lowest BCUT2D eigenvalue weighted by Crippen LogP contribution is -2.13. The van der Waals surface area contributed by atoms with Crippen LogP contribution in [0.3, 0.4) is 0 Å². The van der Waals surface area contributed by atoms with Crippen molar-refractivity contribution in [2.75, 3.05) is 5.32 Å². The summed E-state index contributed by atoms with van der Waals surface area (Å²) < 4.78 is 20.7. The Balaban J connectivity index is 1.63. The van der Waals surface area contributed by atoms with Gasteiger partial charge in [-0.1, -0.05) is 12.1 Å². The third-order valence-electron chi connectivity index (χ3n) is 4.09. The highest BCUT2D eigenvalue weighted by molar-refractivity contribution is 9.10. The highest BCUT2D eigenvalue weighted by atomic mass is 79.9. The second-order valence-electron chi connectivity index (χ2n) is 5.94. The number of oxazole rings is 1. The number of carbonyl (C=O) groups is 1. The molecule has 28 heavy (non-hydrogen) atoms. The van der Waals surface area contributed by atoms with Gasteiger partial charge < -0.3 is 9.73 Å². The summed E-state index contributed by atoms with van der Waals surface area (Å²) in [6.07, 6.45) is 0. The van der Waals surface area contributed by atoms with Crippen molar-refractivity contribution in [3.05, 3.63) is 82.1 Å². The quantitative estimate of drug-likeness (QED) is 0.459. The van der Waals surface area contributed by atoms with E-state index in [1.54, 1.807) is 18.2 Å². The van der Waals surface area contributed by atoms with Crippen LogP contribution >= 0.6 is 15.9 Å². The molecule has 1 amide bonds. The second-order valence-corrected chi connectivity index (χ2v) is 6.80. The van der Waals surface area contributed by atoms with Crippen LogP contribution in [0.5, 0.6) is 0 Å². The summed E-state index contributed by atoms with van der Waals surface area (Å²) in [7, 11) is 0. The highest BCUT2D eigenvalue weighted by Gasteiger charge is 2.15. The second kappa shape index (κ2) is 7.25. The summed E-state index contributed by atoms with van der Waals surface area (Å²) in [6, 6.07) is 18.1. The third-order valence-corrected chi connectivity index (χ3v) is 4.78. The van der Waals surface area contributed by atoms with Gasteiger partial charge in [-0.25, -0.2) is 9.37 Å². The van der Waals surface area contributed by atoms with Crippen molar-refractivity contribution in [3.63, 3.8) is 0 Å². The van der Waals surface area contributed by atoms with Gasteiger partial charge in [-0.15, -0.1) is 0 Å². The van der Waals surface area contributed by atoms with Crippen molar-refractivity contribution in [2.24, 2.45) is 0 Å². The van der Waals surface area contributed by atoms with Gasteiger partial charge in [-0.2, -0.15) is 5.26 Å². The van der Waals surface area contributed by atoms with Gasteiger partial charge in [0.1, 0.15) is 11.3 Å². The fraction of sp³-hybridized carbons (Fsp3) is 0. The van der Waals surface area contributed by atoms with Gasteiger partial charge >= 0.3 is 0 Å². The molecule has 1 aromatic heterocycles. The Bertz CT molecular complexity index is 1260. The molecule has 5 nitrogen and oxygen atoms in total. The molecule has 0 aliphatic rings. The zero-order valence-corrected chi connectivity index (χ0v) is 15.8. The van der Waals surface area contributed by atoms with Gasteiger partial charge in [0, 0.05) is 10.2 Å². The first-order valence-corrected chi connectivity index (χ1v) is 9.01. The van der Waals surface area contributed by atoms with E-state index >= 15 is 0 Å². The smallest absolute Gasteiger partial charge is 0.258 e. The van der Waals surface area contributed by atoms with Gasteiger partial charge in [0.15, 0.2) is 5.58 Å². The Hall–Kier alpha value is -3.50. The van der Waals surface area contributed by atoms with Gasteiger partial charge in [0.25, 0.3) is 5.91 Å².